The molecule has 30 heavy (non-hydrogen) atoms. The third-order valence-electron chi connectivity index (χ3n) is 5.73. The van der Waals surface area contributed by atoms with Crippen LogP contribution in [0.25, 0.3) is 0 Å². The van der Waals surface area contributed by atoms with E-state index < -0.39 is 5.97 Å². The number of guanidine groups is 1. The summed E-state index contributed by atoms with van der Waals surface area (Å²) in [5, 5.41) is 11.9. The van der Waals surface area contributed by atoms with Gasteiger partial charge in [-0.3, -0.25) is 19.7 Å². The molecule has 9 heteroatoms. The van der Waals surface area contributed by atoms with Crippen molar-refractivity contribution in [3.63, 3.8) is 0 Å². The van der Waals surface area contributed by atoms with Gasteiger partial charge >= 0.3 is 5.97 Å². The summed E-state index contributed by atoms with van der Waals surface area (Å²) in [7, 11) is 0. The van der Waals surface area contributed by atoms with E-state index in [-0.39, 0.29) is 30.8 Å². The second kappa shape index (κ2) is 8.73. The number of carboxylic acids is 1. The van der Waals surface area contributed by atoms with Crippen LogP contribution < -0.4 is 10.1 Å². The Bertz CT molecular complexity index is 878. The van der Waals surface area contributed by atoms with Gasteiger partial charge in [0.25, 0.3) is 0 Å². The van der Waals surface area contributed by atoms with Gasteiger partial charge in [0.05, 0.1) is 6.61 Å². The van der Waals surface area contributed by atoms with E-state index in [9.17, 15) is 14.4 Å². The zero-order valence-electron chi connectivity index (χ0n) is 16.8. The molecule has 1 aromatic rings. The number of carbonyl (C=O) groups is 3. The molecule has 1 saturated carbocycles. The molecule has 2 N–H and O–H groups in total. The molecular weight excluding hydrogens is 388 g/mol. The van der Waals surface area contributed by atoms with Gasteiger partial charge in [-0.05, 0) is 25.3 Å². The first-order valence-electron chi connectivity index (χ1n) is 10.4. The first-order valence-corrected chi connectivity index (χ1v) is 10.4. The van der Waals surface area contributed by atoms with Gasteiger partial charge in [0, 0.05) is 24.6 Å². The van der Waals surface area contributed by atoms with Gasteiger partial charge in [-0.15, -0.1) is 0 Å². The maximum absolute atomic E-state index is 12.6. The lowest BCUT2D eigenvalue weighted by atomic mass is 10.1. The lowest BCUT2D eigenvalue weighted by Crippen LogP contribution is -2.42. The predicted molar refractivity (Wildman–Crippen MR) is 108 cm³/mol. The summed E-state index contributed by atoms with van der Waals surface area (Å²) in [5.41, 5.74) is 1.69. The number of carbonyl (C=O) groups excluding carboxylic acids is 2. The Kier molecular flexibility index (Phi) is 5.87. The minimum atomic E-state index is -0.977. The molecule has 0 aromatic heterocycles. The van der Waals surface area contributed by atoms with E-state index in [1.807, 2.05) is 23.1 Å². The van der Waals surface area contributed by atoms with E-state index in [1.54, 1.807) is 0 Å². The molecule has 0 bridgehead atoms. The van der Waals surface area contributed by atoms with Gasteiger partial charge in [-0.25, -0.2) is 4.99 Å². The van der Waals surface area contributed by atoms with Gasteiger partial charge in [-0.2, -0.15) is 0 Å². The summed E-state index contributed by atoms with van der Waals surface area (Å²) in [6, 6.07) is 5.71. The largest absolute Gasteiger partial charge is 0.491 e. The Labute approximate surface area is 174 Å². The van der Waals surface area contributed by atoms with Crippen molar-refractivity contribution in [3.8, 4) is 5.75 Å². The Morgan fingerprint density at radius 3 is 2.83 bits per heavy atom. The minimum Gasteiger partial charge on any atom is -0.491 e. The Morgan fingerprint density at radius 1 is 1.27 bits per heavy atom. The zero-order chi connectivity index (χ0) is 21.1. The van der Waals surface area contributed by atoms with Crippen LogP contribution in [0.5, 0.6) is 5.75 Å². The van der Waals surface area contributed by atoms with Gasteiger partial charge in [0.1, 0.15) is 24.5 Å². The number of amides is 2. The molecule has 1 saturated heterocycles. The van der Waals surface area contributed by atoms with E-state index in [4.69, 9.17) is 9.84 Å². The Balaban J connectivity index is 1.33. The second-order valence-electron chi connectivity index (χ2n) is 7.91. The van der Waals surface area contributed by atoms with E-state index >= 15 is 0 Å². The number of aliphatic imine (C=N–C) groups is 1. The first-order chi connectivity index (χ1) is 14.5. The lowest BCUT2D eigenvalue weighted by molar-refractivity contribution is -0.146. The highest BCUT2D eigenvalue weighted by Crippen LogP contribution is 2.36. The third kappa shape index (κ3) is 4.39. The van der Waals surface area contributed by atoms with Crippen LogP contribution in [0.3, 0.4) is 0 Å². The van der Waals surface area contributed by atoms with Crippen molar-refractivity contribution in [2.75, 3.05) is 19.7 Å². The monoisotopic (exact) mass is 414 g/mol. The van der Waals surface area contributed by atoms with Crippen LogP contribution in [-0.4, -0.2) is 64.4 Å². The third-order valence-corrected chi connectivity index (χ3v) is 5.73. The molecule has 160 valence electrons. The van der Waals surface area contributed by atoms with E-state index in [2.05, 4.69) is 10.3 Å². The van der Waals surface area contributed by atoms with Crippen molar-refractivity contribution in [3.05, 3.63) is 23.8 Å². The number of nitrogens with one attached hydrogen (secondary N) is 1. The average Bonchev–Trinajstić information content (AvgIpc) is 3.36. The summed E-state index contributed by atoms with van der Waals surface area (Å²) in [6.07, 6.45) is 4.56. The van der Waals surface area contributed by atoms with Crippen LogP contribution >= 0.6 is 0 Å². The second-order valence-corrected chi connectivity index (χ2v) is 7.91. The van der Waals surface area contributed by atoms with Gasteiger partial charge in [0.2, 0.25) is 17.8 Å². The molecular formula is C21H26N4O5. The molecule has 2 aliphatic heterocycles. The van der Waals surface area contributed by atoms with E-state index in [1.165, 1.54) is 4.90 Å². The summed E-state index contributed by atoms with van der Waals surface area (Å²) < 4.78 is 5.89. The van der Waals surface area contributed by atoms with Crippen LogP contribution in [-0.2, 0) is 20.9 Å². The maximum atomic E-state index is 12.6. The summed E-state index contributed by atoms with van der Waals surface area (Å²) in [4.78, 5) is 43.3. The highest BCUT2D eigenvalue weighted by Gasteiger charge is 2.30. The summed E-state index contributed by atoms with van der Waals surface area (Å²) in [6.45, 7) is 0.985. The number of hydrogen-bond donors (Lipinski definition) is 2. The van der Waals surface area contributed by atoms with Crippen molar-refractivity contribution in [1.82, 2.24) is 15.1 Å². The van der Waals surface area contributed by atoms with E-state index in [0.29, 0.717) is 43.5 Å². The normalized spacial score (nSPS) is 17.8. The number of para-hydroxylation sites is 1. The van der Waals surface area contributed by atoms with Crippen molar-refractivity contribution >= 4 is 29.4 Å². The number of fused-ring (bicyclic) bond motifs is 2. The standard InChI is InChI=1S/C21H26N4O5/c26-17-12-24-11-14-5-3-8-16(20(14)23-21(24)22-17)30-10-4-9-18(27)25(13-19(28)29)15-6-1-2-7-15/h3,5,8,15H,1-2,4,6-7,9-13H2,(H,28,29)(H,22,23,26). The number of hydrogen-bond acceptors (Lipinski definition) is 6. The quantitative estimate of drug-likeness (QED) is 0.626. The number of aliphatic carboxylic acids is 1. The Morgan fingerprint density at radius 2 is 2.07 bits per heavy atom. The van der Waals surface area contributed by atoms with Crippen LogP contribution in [0.15, 0.2) is 23.2 Å². The maximum Gasteiger partial charge on any atom is 0.323 e. The first kappa shape index (κ1) is 20.2. The number of ether oxygens (including phenoxy) is 1. The molecule has 9 nitrogen and oxygen atoms in total. The highest BCUT2D eigenvalue weighted by molar-refractivity contribution is 6.06. The van der Waals surface area contributed by atoms with Crippen LogP contribution in [0.4, 0.5) is 5.69 Å². The molecule has 0 atom stereocenters. The van der Waals surface area contributed by atoms with Gasteiger partial charge < -0.3 is 19.6 Å². The zero-order valence-corrected chi connectivity index (χ0v) is 16.8. The molecule has 1 aliphatic carbocycles. The number of rotatable bonds is 8. The molecule has 0 spiro atoms. The van der Waals surface area contributed by atoms with Crippen LogP contribution in [0.2, 0.25) is 0 Å². The number of nitrogens with zero attached hydrogens (tertiary/aromatic N) is 3. The predicted octanol–water partition coefficient (Wildman–Crippen LogP) is 1.63. The molecule has 4 rings (SSSR count). The fourth-order valence-electron chi connectivity index (χ4n) is 4.30. The number of benzene rings is 1. The molecule has 0 unspecified atom stereocenters. The minimum absolute atomic E-state index is 0.0380. The molecule has 1 aromatic carbocycles. The molecule has 2 amide bonds. The SMILES string of the molecule is O=C(O)CN(C(=O)CCCOc1cccc2c1N=C1NC(=O)CN1C2)C1CCCC1. The molecule has 2 heterocycles. The smallest absolute Gasteiger partial charge is 0.323 e. The lowest BCUT2D eigenvalue weighted by Gasteiger charge is -2.27. The van der Waals surface area contributed by atoms with Crippen molar-refractivity contribution in [1.29, 1.82) is 0 Å². The Hall–Kier alpha value is -3.10. The molecule has 3 aliphatic rings. The van der Waals surface area contributed by atoms with E-state index in [0.717, 1.165) is 31.2 Å². The highest BCUT2D eigenvalue weighted by atomic mass is 16.5. The van der Waals surface area contributed by atoms with Crippen molar-refractivity contribution in [2.45, 2.75) is 51.1 Å². The fourth-order valence-corrected chi connectivity index (χ4v) is 4.30. The van der Waals surface area contributed by atoms with Crippen LogP contribution in [0, 0.1) is 0 Å². The van der Waals surface area contributed by atoms with Crippen molar-refractivity contribution < 1.29 is 24.2 Å². The summed E-state index contributed by atoms with van der Waals surface area (Å²) in [5.74, 6) is -0.0242. The van der Waals surface area contributed by atoms with Crippen LogP contribution in [0.1, 0.15) is 44.1 Å². The number of carboxylic acid groups (broad SMARTS) is 1. The molecule has 0 radical (unpaired) electrons. The van der Waals surface area contributed by atoms with Gasteiger partial charge in [-0.1, -0.05) is 25.0 Å². The topological polar surface area (TPSA) is 112 Å². The fraction of sp³-hybridized carbons (Fsp3) is 0.524. The average molecular weight is 414 g/mol. The summed E-state index contributed by atoms with van der Waals surface area (Å²) >= 11 is 0. The van der Waals surface area contributed by atoms with Crippen molar-refractivity contribution in [2.24, 2.45) is 4.99 Å². The van der Waals surface area contributed by atoms with Gasteiger partial charge in [0.15, 0.2) is 0 Å². The molecule has 2 fully saturated rings.